The van der Waals surface area contributed by atoms with E-state index in [1.807, 2.05) is 32.0 Å². The van der Waals surface area contributed by atoms with Gasteiger partial charge < -0.3 is 9.80 Å². The summed E-state index contributed by atoms with van der Waals surface area (Å²) in [6.07, 6.45) is 0. The molecule has 0 saturated carbocycles. The van der Waals surface area contributed by atoms with E-state index >= 15 is 0 Å². The van der Waals surface area contributed by atoms with E-state index in [-0.39, 0.29) is 0 Å². The fourth-order valence-corrected chi connectivity index (χ4v) is 2.04. The van der Waals surface area contributed by atoms with E-state index in [2.05, 4.69) is 16.8 Å². The first-order chi connectivity index (χ1) is 8.16. The van der Waals surface area contributed by atoms with Crippen molar-refractivity contribution >= 4 is 28.9 Å². The van der Waals surface area contributed by atoms with Crippen LogP contribution in [-0.4, -0.2) is 38.1 Å². The van der Waals surface area contributed by atoms with Gasteiger partial charge in [0.2, 0.25) is 0 Å². The van der Waals surface area contributed by atoms with Crippen LogP contribution in [0.5, 0.6) is 0 Å². The van der Waals surface area contributed by atoms with Gasteiger partial charge in [-0.05, 0) is 25.2 Å². The summed E-state index contributed by atoms with van der Waals surface area (Å²) in [6, 6.07) is 5.83. The molecule has 0 N–H and O–H groups in total. The lowest BCUT2D eigenvalue weighted by Gasteiger charge is -2.34. The summed E-state index contributed by atoms with van der Waals surface area (Å²) in [5.74, 6) is 0. The molecule has 0 unspecified atom stereocenters. The molecule has 1 heterocycles. The molecule has 1 aromatic rings. The van der Waals surface area contributed by atoms with E-state index in [0.717, 1.165) is 31.9 Å². The summed E-state index contributed by atoms with van der Waals surface area (Å²) < 4.78 is 0. The number of likely N-dealkylation sites (N-methyl/N-ethyl adjacent to an activating group) is 1. The van der Waals surface area contributed by atoms with Gasteiger partial charge in [-0.3, -0.25) is 0 Å². The Morgan fingerprint density at radius 2 is 1.53 bits per heavy atom. The predicted molar refractivity (Wildman–Crippen MR) is 77.5 cm³/mol. The maximum absolute atomic E-state index is 5.99. The second-order valence-electron chi connectivity index (χ2n) is 3.89. The maximum atomic E-state index is 5.99. The molecule has 4 heteroatoms. The van der Waals surface area contributed by atoms with Gasteiger partial charge in [-0.2, -0.15) is 0 Å². The van der Waals surface area contributed by atoms with Gasteiger partial charge in [-0.25, -0.2) is 0 Å². The van der Waals surface area contributed by atoms with Crippen molar-refractivity contribution in [3.63, 3.8) is 0 Å². The van der Waals surface area contributed by atoms with Gasteiger partial charge >= 0.3 is 0 Å². The topological polar surface area (TPSA) is 6.48 Å². The Bertz CT molecular complexity index is 347. The molecule has 1 fully saturated rings. The smallest absolute Gasteiger partial charge is 0.0612 e. The van der Waals surface area contributed by atoms with E-state index in [1.165, 1.54) is 0 Å². The third-order valence-electron chi connectivity index (χ3n) is 2.77. The highest BCUT2D eigenvalue weighted by atomic mass is 35.5. The van der Waals surface area contributed by atoms with Crippen molar-refractivity contribution in [1.82, 2.24) is 4.90 Å². The normalized spacial score (nSPS) is 16.4. The third-order valence-corrected chi connectivity index (χ3v) is 3.51. The molecule has 1 aliphatic heterocycles. The molecule has 1 aliphatic rings. The van der Waals surface area contributed by atoms with Crippen molar-refractivity contribution in [2.24, 2.45) is 0 Å². The van der Waals surface area contributed by atoms with Crippen LogP contribution in [-0.2, 0) is 0 Å². The summed E-state index contributed by atoms with van der Waals surface area (Å²) in [6.45, 7) is 8.30. The Morgan fingerprint density at radius 3 is 2.06 bits per heavy atom. The monoisotopic (exact) mass is 274 g/mol. The molecular formula is C13H20Cl2N2. The molecule has 0 radical (unpaired) electrons. The summed E-state index contributed by atoms with van der Waals surface area (Å²) >= 11 is 11.9. The van der Waals surface area contributed by atoms with Crippen LogP contribution in [0.2, 0.25) is 10.0 Å². The Labute approximate surface area is 114 Å². The molecular weight excluding hydrogens is 255 g/mol. The molecule has 2 nitrogen and oxygen atoms in total. The van der Waals surface area contributed by atoms with Crippen molar-refractivity contribution < 1.29 is 0 Å². The van der Waals surface area contributed by atoms with Crippen LogP contribution >= 0.6 is 23.2 Å². The number of benzene rings is 1. The molecule has 0 bridgehead atoms. The summed E-state index contributed by atoms with van der Waals surface area (Å²) in [5.41, 5.74) is 1.16. The number of rotatable bonds is 1. The number of nitrogens with zero attached hydrogens (tertiary/aromatic N) is 2. The van der Waals surface area contributed by atoms with E-state index in [9.17, 15) is 0 Å². The van der Waals surface area contributed by atoms with Crippen molar-refractivity contribution in [3.05, 3.63) is 28.2 Å². The van der Waals surface area contributed by atoms with Crippen molar-refractivity contribution in [2.45, 2.75) is 13.8 Å². The molecule has 0 aromatic heterocycles. The van der Waals surface area contributed by atoms with Gasteiger partial charge in [0.1, 0.15) is 0 Å². The molecule has 1 aromatic carbocycles. The van der Waals surface area contributed by atoms with Crippen molar-refractivity contribution in [1.29, 1.82) is 0 Å². The zero-order valence-electron chi connectivity index (χ0n) is 10.7. The third kappa shape index (κ3) is 4.06. The minimum atomic E-state index is 0.620. The number of hydrogen-bond acceptors (Lipinski definition) is 2. The standard InChI is InChI=1S/C11H14Cl2N2.C2H6/c1-14-4-6-15(7-5-14)9-2-3-10(12)11(13)8-9;1-2/h2-3,8H,4-7H2,1H3;1-2H3. The number of halogens is 2. The highest BCUT2D eigenvalue weighted by Crippen LogP contribution is 2.27. The second kappa shape index (κ2) is 7.10. The van der Waals surface area contributed by atoms with Gasteiger partial charge in [-0.15, -0.1) is 0 Å². The Hall–Kier alpha value is -0.440. The molecule has 0 atom stereocenters. The predicted octanol–water partition coefficient (Wildman–Crippen LogP) is 3.77. The van der Waals surface area contributed by atoms with Crippen molar-refractivity contribution in [3.8, 4) is 0 Å². The minimum Gasteiger partial charge on any atom is -0.369 e. The molecule has 17 heavy (non-hydrogen) atoms. The lowest BCUT2D eigenvalue weighted by Crippen LogP contribution is -2.44. The van der Waals surface area contributed by atoms with Gasteiger partial charge in [0.05, 0.1) is 10.0 Å². The average Bonchev–Trinajstić information content (AvgIpc) is 2.36. The number of piperazine rings is 1. The maximum Gasteiger partial charge on any atom is 0.0612 e. The molecule has 2 rings (SSSR count). The minimum absolute atomic E-state index is 0.620. The molecule has 1 saturated heterocycles. The first-order valence-corrected chi connectivity index (χ1v) is 6.81. The highest BCUT2D eigenvalue weighted by molar-refractivity contribution is 6.42. The van der Waals surface area contributed by atoms with Crippen LogP contribution in [0.25, 0.3) is 0 Å². The first-order valence-electron chi connectivity index (χ1n) is 6.05. The van der Waals surface area contributed by atoms with E-state index < -0.39 is 0 Å². The van der Waals surface area contributed by atoms with Gasteiger partial charge in [-0.1, -0.05) is 37.0 Å². The zero-order valence-corrected chi connectivity index (χ0v) is 12.2. The second-order valence-corrected chi connectivity index (χ2v) is 4.70. The van der Waals surface area contributed by atoms with Crippen LogP contribution in [0.15, 0.2) is 18.2 Å². The zero-order chi connectivity index (χ0) is 12.8. The van der Waals surface area contributed by atoms with Gasteiger partial charge in [0.25, 0.3) is 0 Å². The van der Waals surface area contributed by atoms with Crippen LogP contribution in [0.3, 0.4) is 0 Å². The largest absolute Gasteiger partial charge is 0.369 e. The van der Waals surface area contributed by atoms with E-state index in [1.54, 1.807) is 0 Å². The number of hydrogen-bond donors (Lipinski definition) is 0. The summed E-state index contributed by atoms with van der Waals surface area (Å²) in [5, 5.41) is 1.25. The molecule has 0 aliphatic carbocycles. The van der Waals surface area contributed by atoms with Crippen LogP contribution in [0.1, 0.15) is 13.8 Å². The SMILES string of the molecule is CC.CN1CCN(c2ccc(Cl)c(Cl)c2)CC1. The average molecular weight is 275 g/mol. The Morgan fingerprint density at radius 1 is 0.941 bits per heavy atom. The first kappa shape index (κ1) is 14.6. The Kier molecular flexibility index (Phi) is 6.10. The van der Waals surface area contributed by atoms with Crippen LogP contribution in [0.4, 0.5) is 5.69 Å². The van der Waals surface area contributed by atoms with Crippen LogP contribution in [0, 0.1) is 0 Å². The summed E-state index contributed by atoms with van der Waals surface area (Å²) in [4.78, 5) is 4.66. The van der Waals surface area contributed by atoms with E-state index in [4.69, 9.17) is 23.2 Å². The lowest BCUT2D eigenvalue weighted by molar-refractivity contribution is 0.313. The van der Waals surface area contributed by atoms with Crippen molar-refractivity contribution in [2.75, 3.05) is 38.1 Å². The fraction of sp³-hybridized carbons (Fsp3) is 0.538. The summed E-state index contributed by atoms with van der Waals surface area (Å²) in [7, 11) is 2.15. The van der Waals surface area contributed by atoms with E-state index in [0.29, 0.717) is 10.0 Å². The number of anilines is 1. The molecule has 0 spiro atoms. The van der Waals surface area contributed by atoms with Gasteiger partial charge in [0, 0.05) is 31.9 Å². The molecule has 96 valence electrons. The fourth-order valence-electron chi connectivity index (χ4n) is 1.75. The quantitative estimate of drug-likeness (QED) is 0.769. The van der Waals surface area contributed by atoms with Gasteiger partial charge in [0.15, 0.2) is 0 Å². The molecule has 0 amide bonds. The highest BCUT2D eigenvalue weighted by Gasteiger charge is 2.14. The Balaban J connectivity index is 0.000000686. The lowest BCUT2D eigenvalue weighted by atomic mass is 10.2. The van der Waals surface area contributed by atoms with Crippen LogP contribution < -0.4 is 4.90 Å².